The van der Waals surface area contributed by atoms with Crippen molar-refractivity contribution in [3.8, 4) is 0 Å². The average Bonchev–Trinajstić information content (AvgIpc) is 2.54. The average molecular weight is 395 g/mol. The molecular weight excluding hydrogens is 379 g/mol. The number of benzene rings is 1. The standard InChI is InChI=1S/C17H16BrFN2O3/c1-9-16(20-2)14(11-6-5-10(18)7-12(11)19)15(17(22)24-4)13(21-9)8-23-3/h5-7,14,21H,8H2,1,3-4H3. The lowest BCUT2D eigenvalue weighted by Gasteiger charge is -2.29. The number of carbonyl (C=O) groups is 1. The quantitative estimate of drug-likeness (QED) is 0.627. The Labute approximate surface area is 148 Å². The van der Waals surface area contributed by atoms with Gasteiger partial charge in [-0.25, -0.2) is 14.0 Å². The molecule has 0 fully saturated rings. The van der Waals surface area contributed by atoms with E-state index in [0.717, 1.165) is 0 Å². The lowest BCUT2D eigenvalue weighted by molar-refractivity contribution is -0.136. The summed E-state index contributed by atoms with van der Waals surface area (Å²) in [6.45, 7) is 9.29. The van der Waals surface area contributed by atoms with Gasteiger partial charge >= 0.3 is 5.97 Å². The van der Waals surface area contributed by atoms with Crippen LogP contribution in [0.1, 0.15) is 18.4 Å². The number of dihydropyridines is 1. The van der Waals surface area contributed by atoms with Crippen LogP contribution in [0.15, 0.2) is 45.3 Å². The van der Waals surface area contributed by atoms with E-state index in [4.69, 9.17) is 16.0 Å². The van der Waals surface area contributed by atoms with Crippen molar-refractivity contribution in [2.75, 3.05) is 20.8 Å². The Hall–Kier alpha value is -2.17. The highest BCUT2D eigenvalue weighted by atomic mass is 79.9. The van der Waals surface area contributed by atoms with E-state index in [9.17, 15) is 9.18 Å². The molecule has 0 saturated carbocycles. The van der Waals surface area contributed by atoms with Gasteiger partial charge in [-0.2, -0.15) is 0 Å². The Morgan fingerprint density at radius 3 is 2.71 bits per heavy atom. The summed E-state index contributed by atoms with van der Waals surface area (Å²) in [6.07, 6.45) is 0. The van der Waals surface area contributed by atoms with Gasteiger partial charge < -0.3 is 14.8 Å². The number of esters is 1. The Kier molecular flexibility index (Phi) is 5.75. The van der Waals surface area contributed by atoms with E-state index in [-0.39, 0.29) is 23.4 Å². The number of hydrogen-bond acceptors (Lipinski definition) is 4. The van der Waals surface area contributed by atoms with Crippen LogP contribution in [0.25, 0.3) is 4.85 Å². The maximum atomic E-state index is 14.5. The molecule has 1 aromatic rings. The van der Waals surface area contributed by atoms with Crippen LogP contribution in [-0.2, 0) is 14.3 Å². The molecule has 0 spiro atoms. The summed E-state index contributed by atoms with van der Waals surface area (Å²) in [6, 6.07) is 4.53. The Bertz CT molecular complexity index is 781. The molecule has 2 rings (SSSR count). The summed E-state index contributed by atoms with van der Waals surface area (Å²) in [5.74, 6) is -1.99. The van der Waals surface area contributed by atoms with Crippen LogP contribution in [0.4, 0.5) is 4.39 Å². The van der Waals surface area contributed by atoms with E-state index in [1.165, 1.54) is 20.3 Å². The molecule has 1 aliphatic rings. The van der Waals surface area contributed by atoms with Crippen molar-refractivity contribution in [2.45, 2.75) is 12.8 Å². The Morgan fingerprint density at radius 2 is 2.17 bits per heavy atom. The topological polar surface area (TPSA) is 51.9 Å². The van der Waals surface area contributed by atoms with Gasteiger partial charge in [-0.15, -0.1) is 0 Å². The fourth-order valence-electron chi connectivity index (χ4n) is 2.68. The number of hydrogen-bond donors (Lipinski definition) is 1. The van der Waals surface area contributed by atoms with Crippen molar-refractivity contribution >= 4 is 21.9 Å². The monoisotopic (exact) mass is 394 g/mol. The molecule has 1 N–H and O–H groups in total. The van der Waals surface area contributed by atoms with Gasteiger partial charge in [-0.05, 0) is 24.6 Å². The van der Waals surface area contributed by atoms with Crippen molar-refractivity contribution in [3.63, 3.8) is 0 Å². The minimum Gasteiger partial charge on any atom is -0.466 e. The second-order valence-corrected chi connectivity index (χ2v) is 6.08. The number of nitrogens with zero attached hydrogens (tertiary/aromatic N) is 1. The number of ether oxygens (including phenoxy) is 2. The lowest BCUT2D eigenvalue weighted by atomic mass is 9.83. The normalized spacial score (nSPS) is 17.4. The van der Waals surface area contributed by atoms with Crippen molar-refractivity contribution in [3.05, 3.63) is 68.1 Å². The van der Waals surface area contributed by atoms with Crippen molar-refractivity contribution in [1.82, 2.24) is 5.32 Å². The van der Waals surface area contributed by atoms with Gasteiger partial charge in [0.05, 0.1) is 37.5 Å². The fourth-order valence-corrected chi connectivity index (χ4v) is 3.01. The summed E-state index contributed by atoms with van der Waals surface area (Å²) < 4.78 is 25.1. The SMILES string of the molecule is [C-]#[N+]C1=C(C)NC(COC)=C(C(=O)OC)C1c1ccc(Br)cc1F. The van der Waals surface area contributed by atoms with Crippen LogP contribution in [0.5, 0.6) is 0 Å². The molecule has 1 heterocycles. The second kappa shape index (κ2) is 7.60. The number of nitrogens with one attached hydrogen (secondary N) is 1. The first-order valence-corrected chi connectivity index (χ1v) is 7.84. The molecule has 0 aromatic heterocycles. The fraction of sp³-hybridized carbons (Fsp3) is 0.294. The largest absolute Gasteiger partial charge is 0.466 e. The Balaban J connectivity index is 2.73. The molecule has 0 radical (unpaired) electrons. The molecule has 5 nitrogen and oxygen atoms in total. The second-order valence-electron chi connectivity index (χ2n) is 5.16. The minimum absolute atomic E-state index is 0.113. The third kappa shape index (κ3) is 3.35. The van der Waals surface area contributed by atoms with Gasteiger partial charge in [0.2, 0.25) is 0 Å². The van der Waals surface area contributed by atoms with Crippen LogP contribution in [0.3, 0.4) is 0 Å². The maximum Gasteiger partial charge on any atom is 0.335 e. The highest BCUT2D eigenvalue weighted by Crippen LogP contribution is 2.40. The van der Waals surface area contributed by atoms with Crippen molar-refractivity contribution < 1.29 is 18.7 Å². The van der Waals surface area contributed by atoms with Crippen molar-refractivity contribution in [2.24, 2.45) is 0 Å². The van der Waals surface area contributed by atoms with E-state index in [0.29, 0.717) is 15.9 Å². The predicted molar refractivity (Wildman–Crippen MR) is 90.2 cm³/mol. The van der Waals surface area contributed by atoms with Crippen LogP contribution < -0.4 is 5.32 Å². The Morgan fingerprint density at radius 1 is 1.46 bits per heavy atom. The zero-order chi connectivity index (χ0) is 17.9. The van der Waals surface area contributed by atoms with Gasteiger partial charge in [0.1, 0.15) is 5.82 Å². The van der Waals surface area contributed by atoms with E-state index in [1.807, 2.05) is 0 Å². The molecular formula is C17H16BrFN2O3. The summed E-state index contributed by atoms with van der Waals surface area (Å²) in [4.78, 5) is 15.9. The molecule has 1 unspecified atom stereocenters. The zero-order valence-electron chi connectivity index (χ0n) is 13.4. The van der Waals surface area contributed by atoms with Crippen LogP contribution >= 0.6 is 15.9 Å². The first-order chi connectivity index (χ1) is 11.4. The molecule has 0 bridgehead atoms. The third-order valence-corrected chi connectivity index (χ3v) is 4.19. The number of halogens is 2. The van der Waals surface area contributed by atoms with Crippen LogP contribution in [-0.4, -0.2) is 26.8 Å². The van der Waals surface area contributed by atoms with Crippen LogP contribution in [0, 0.1) is 12.4 Å². The molecule has 0 amide bonds. The summed E-state index contributed by atoms with van der Waals surface area (Å²) in [5.41, 5.74) is 1.67. The molecule has 24 heavy (non-hydrogen) atoms. The number of methoxy groups -OCH3 is 2. The summed E-state index contributed by atoms with van der Waals surface area (Å²) in [5, 5.41) is 3.00. The van der Waals surface area contributed by atoms with Gasteiger partial charge in [-0.1, -0.05) is 22.0 Å². The number of allylic oxidation sites excluding steroid dienone is 2. The van der Waals surface area contributed by atoms with E-state index in [1.54, 1.807) is 19.1 Å². The summed E-state index contributed by atoms with van der Waals surface area (Å²) in [7, 11) is 2.74. The van der Waals surface area contributed by atoms with Gasteiger partial charge in [0.15, 0.2) is 5.70 Å². The maximum absolute atomic E-state index is 14.5. The predicted octanol–water partition coefficient (Wildman–Crippen LogP) is 3.50. The van der Waals surface area contributed by atoms with Crippen molar-refractivity contribution in [1.29, 1.82) is 0 Å². The number of carbonyl (C=O) groups excluding carboxylic acids is 1. The molecule has 0 saturated heterocycles. The van der Waals surface area contributed by atoms with Gasteiger partial charge in [0.25, 0.3) is 0 Å². The first kappa shape index (κ1) is 18.2. The van der Waals surface area contributed by atoms with E-state index in [2.05, 4.69) is 26.1 Å². The number of rotatable bonds is 4. The van der Waals surface area contributed by atoms with E-state index < -0.39 is 17.7 Å². The molecule has 7 heteroatoms. The smallest absolute Gasteiger partial charge is 0.335 e. The molecule has 0 aliphatic carbocycles. The molecule has 1 aromatic carbocycles. The highest BCUT2D eigenvalue weighted by molar-refractivity contribution is 9.10. The third-order valence-electron chi connectivity index (χ3n) is 3.70. The highest BCUT2D eigenvalue weighted by Gasteiger charge is 2.37. The molecule has 126 valence electrons. The van der Waals surface area contributed by atoms with Gasteiger partial charge in [-0.3, -0.25) is 0 Å². The lowest BCUT2D eigenvalue weighted by Crippen LogP contribution is -2.31. The molecule has 1 atom stereocenters. The van der Waals surface area contributed by atoms with Gasteiger partial charge in [0, 0.05) is 17.3 Å². The summed E-state index contributed by atoms with van der Waals surface area (Å²) >= 11 is 3.21. The van der Waals surface area contributed by atoms with Crippen LogP contribution in [0.2, 0.25) is 0 Å². The first-order valence-electron chi connectivity index (χ1n) is 7.05. The zero-order valence-corrected chi connectivity index (χ0v) is 15.0. The van der Waals surface area contributed by atoms with E-state index >= 15 is 0 Å². The molecule has 1 aliphatic heterocycles. The minimum atomic E-state index is -0.852.